The Balaban J connectivity index is 2.11. The number of halogens is 1. The maximum absolute atomic E-state index is 11.4. The first-order valence-electron chi connectivity index (χ1n) is 6.64. The second kappa shape index (κ2) is 6.26. The zero-order valence-corrected chi connectivity index (χ0v) is 11.8. The van der Waals surface area contributed by atoms with Crippen LogP contribution < -0.4 is 16.4 Å². The molecule has 2 atom stereocenters. The van der Waals surface area contributed by atoms with Crippen LogP contribution in [0.2, 0.25) is 5.02 Å². The van der Waals surface area contributed by atoms with Gasteiger partial charge in [0.05, 0.1) is 5.56 Å². The van der Waals surface area contributed by atoms with E-state index in [2.05, 4.69) is 17.6 Å². The topological polar surface area (TPSA) is 67.1 Å². The molecule has 5 heteroatoms. The summed E-state index contributed by atoms with van der Waals surface area (Å²) in [6, 6.07) is 5.47. The van der Waals surface area contributed by atoms with Gasteiger partial charge in [-0.3, -0.25) is 4.79 Å². The van der Waals surface area contributed by atoms with Gasteiger partial charge in [-0.2, -0.15) is 0 Å². The molecule has 4 N–H and O–H groups in total. The summed E-state index contributed by atoms with van der Waals surface area (Å²) in [6.45, 7) is 4.24. The van der Waals surface area contributed by atoms with E-state index < -0.39 is 5.91 Å². The monoisotopic (exact) mass is 281 g/mol. The highest BCUT2D eigenvalue weighted by molar-refractivity contribution is 6.31. The highest BCUT2D eigenvalue weighted by atomic mass is 35.5. The first kappa shape index (κ1) is 14.2. The van der Waals surface area contributed by atoms with Crippen molar-refractivity contribution in [2.75, 3.05) is 18.4 Å². The van der Waals surface area contributed by atoms with E-state index in [0.29, 0.717) is 16.5 Å². The van der Waals surface area contributed by atoms with Crippen LogP contribution in [0, 0.1) is 5.92 Å². The van der Waals surface area contributed by atoms with Crippen molar-refractivity contribution in [2.24, 2.45) is 11.7 Å². The van der Waals surface area contributed by atoms with Crippen molar-refractivity contribution < 1.29 is 4.79 Å². The fourth-order valence-electron chi connectivity index (χ4n) is 2.51. The molecular weight excluding hydrogens is 262 g/mol. The quantitative estimate of drug-likeness (QED) is 0.793. The number of rotatable bonds is 4. The van der Waals surface area contributed by atoms with Crippen molar-refractivity contribution >= 4 is 23.2 Å². The van der Waals surface area contributed by atoms with Crippen LogP contribution in [-0.2, 0) is 0 Å². The molecule has 0 saturated carbocycles. The molecule has 1 aromatic rings. The number of anilines is 1. The molecule has 0 bridgehead atoms. The molecule has 0 radical (unpaired) electrons. The third-order valence-electron chi connectivity index (χ3n) is 3.67. The van der Waals surface area contributed by atoms with Gasteiger partial charge in [0, 0.05) is 16.8 Å². The number of primary amides is 1. The highest BCUT2D eigenvalue weighted by Crippen LogP contribution is 2.24. The maximum atomic E-state index is 11.4. The normalized spacial score (nSPS) is 20.8. The van der Waals surface area contributed by atoms with Crippen LogP contribution >= 0.6 is 11.6 Å². The SMILES string of the molecule is CC(Nc1ccc(Cl)cc1C(N)=O)C1CCCNC1. The molecule has 1 aliphatic rings. The number of nitrogens with one attached hydrogen (secondary N) is 2. The molecular formula is C14H20ClN3O. The minimum Gasteiger partial charge on any atom is -0.382 e. The largest absolute Gasteiger partial charge is 0.382 e. The Morgan fingerprint density at radius 3 is 3.00 bits per heavy atom. The Morgan fingerprint density at radius 2 is 2.37 bits per heavy atom. The van der Waals surface area contributed by atoms with Gasteiger partial charge in [-0.25, -0.2) is 0 Å². The minimum atomic E-state index is -0.459. The van der Waals surface area contributed by atoms with E-state index in [9.17, 15) is 4.79 Å². The number of piperidine rings is 1. The molecule has 2 unspecified atom stereocenters. The van der Waals surface area contributed by atoms with E-state index in [1.807, 2.05) is 6.07 Å². The molecule has 0 aliphatic carbocycles. The van der Waals surface area contributed by atoms with E-state index in [4.69, 9.17) is 17.3 Å². The summed E-state index contributed by atoms with van der Waals surface area (Å²) >= 11 is 5.90. The average Bonchev–Trinajstić information content (AvgIpc) is 2.41. The van der Waals surface area contributed by atoms with Gasteiger partial charge in [-0.1, -0.05) is 11.6 Å². The number of carbonyl (C=O) groups is 1. The van der Waals surface area contributed by atoms with Crippen molar-refractivity contribution in [3.63, 3.8) is 0 Å². The predicted octanol–water partition coefficient (Wildman–Crippen LogP) is 2.24. The average molecular weight is 282 g/mol. The van der Waals surface area contributed by atoms with Crippen molar-refractivity contribution in [1.82, 2.24) is 5.32 Å². The lowest BCUT2D eigenvalue weighted by Crippen LogP contribution is -2.39. The lowest BCUT2D eigenvalue weighted by atomic mass is 9.92. The fourth-order valence-corrected chi connectivity index (χ4v) is 2.69. The van der Waals surface area contributed by atoms with Crippen LogP contribution in [0.25, 0.3) is 0 Å². The molecule has 0 aromatic heterocycles. The Hall–Kier alpha value is -1.26. The van der Waals surface area contributed by atoms with Crippen LogP contribution in [0.15, 0.2) is 18.2 Å². The summed E-state index contributed by atoms with van der Waals surface area (Å²) in [6.07, 6.45) is 2.39. The van der Waals surface area contributed by atoms with Crippen molar-refractivity contribution in [3.05, 3.63) is 28.8 Å². The molecule has 104 valence electrons. The predicted molar refractivity (Wildman–Crippen MR) is 78.6 cm³/mol. The fraction of sp³-hybridized carbons (Fsp3) is 0.500. The summed E-state index contributed by atoms with van der Waals surface area (Å²) in [7, 11) is 0. The zero-order valence-electron chi connectivity index (χ0n) is 11.1. The number of carbonyl (C=O) groups excluding carboxylic acids is 1. The van der Waals surface area contributed by atoms with E-state index >= 15 is 0 Å². The van der Waals surface area contributed by atoms with E-state index in [1.165, 1.54) is 12.8 Å². The van der Waals surface area contributed by atoms with E-state index in [1.54, 1.807) is 12.1 Å². The summed E-state index contributed by atoms with van der Waals surface area (Å²) in [5, 5.41) is 7.30. The molecule has 0 spiro atoms. The van der Waals surface area contributed by atoms with Crippen molar-refractivity contribution in [1.29, 1.82) is 0 Å². The zero-order chi connectivity index (χ0) is 13.8. The summed E-state index contributed by atoms with van der Waals surface area (Å²) in [5.74, 6) is 0.101. The van der Waals surface area contributed by atoms with Gasteiger partial charge >= 0.3 is 0 Å². The van der Waals surface area contributed by atoms with Crippen molar-refractivity contribution in [2.45, 2.75) is 25.8 Å². The van der Waals surface area contributed by atoms with Crippen molar-refractivity contribution in [3.8, 4) is 0 Å². The molecule has 2 rings (SSSR count). The number of benzene rings is 1. The van der Waals surface area contributed by atoms with E-state index in [-0.39, 0.29) is 6.04 Å². The van der Waals surface area contributed by atoms with Crippen LogP contribution in [-0.4, -0.2) is 25.0 Å². The third kappa shape index (κ3) is 3.61. The van der Waals surface area contributed by atoms with Gasteiger partial charge in [-0.05, 0) is 57.0 Å². The minimum absolute atomic E-state index is 0.284. The number of hydrogen-bond acceptors (Lipinski definition) is 3. The van der Waals surface area contributed by atoms with Gasteiger partial charge in [0.15, 0.2) is 0 Å². The van der Waals surface area contributed by atoms with Gasteiger partial charge < -0.3 is 16.4 Å². The standard InChI is InChI=1S/C14H20ClN3O/c1-9(10-3-2-6-17-8-10)18-13-5-4-11(15)7-12(13)14(16)19/h4-5,7,9-10,17-18H,2-3,6,8H2,1H3,(H2,16,19). The van der Waals surface area contributed by atoms with E-state index in [0.717, 1.165) is 18.8 Å². The molecule has 1 fully saturated rings. The Morgan fingerprint density at radius 1 is 1.58 bits per heavy atom. The Labute approximate surface area is 118 Å². The van der Waals surface area contributed by atoms with Crippen LogP contribution in [0.3, 0.4) is 0 Å². The molecule has 19 heavy (non-hydrogen) atoms. The molecule has 1 aromatic carbocycles. The van der Waals surface area contributed by atoms with Gasteiger partial charge in [0.2, 0.25) is 0 Å². The van der Waals surface area contributed by atoms with Gasteiger partial charge in [-0.15, -0.1) is 0 Å². The smallest absolute Gasteiger partial charge is 0.250 e. The third-order valence-corrected chi connectivity index (χ3v) is 3.91. The molecule has 1 amide bonds. The summed E-state index contributed by atoms with van der Waals surface area (Å²) in [4.78, 5) is 11.4. The molecule has 4 nitrogen and oxygen atoms in total. The second-order valence-corrected chi connectivity index (χ2v) is 5.53. The highest BCUT2D eigenvalue weighted by Gasteiger charge is 2.21. The van der Waals surface area contributed by atoms with Crippen LogP contribution in [0.4, 0.5) is 5.69 Å². The maximum Gasteiger partial charge on any atom is 0.250 e. The molecule has 1 aliphatic heterocycles. The summed E-state index contributed by atoms with van der Waals surface area (Å²) < 4.78 is 0. The second-order valence-electron chi connectivity index (χ2n) is 5.09. The van der Waals surface area contributed by atoms with Gasteiger partial charge in [0.1, 0.15) is 0 Å². The first-order valence-corrected chi connectivity index (χ1v) is 7.02. The first-order chi connectivity index (χ1) is 9.08. The van der Waals surface area contributed by atoms with Gasteiger partial charge in [0.25, 0.3) is 5.91 Å². The number of nitrogens with two attached hydrogens (primary N) is 1. The molecule has 1 heterocycles. The lowest BCUT2D eigenvalue weighted by Gasteiger charge is -2.30. The Kier molecular flexibility index (Phi) is 4.66. The van der Waals surface area contributed by atoms with Crippen LogP contribution in [0.1, 0.15) is 30.1 Å². The molecule has 1 saturated heterocycles. The Bertz CT molecular complexity index is 458. The number of hydrogen-bond donors (Lipinski definition) is 3. The lowest BCUT2D eigenvalue weighted by molar-refractivity contribution is 0.100. The number of amides is 1. The summed E-state index contributed by atoms with van der Waals surface area (Å²) in [5.41, 5.74) is 6.59. The van der Waals surface area contributed by atoms with Crippen LogP contribution in [0.5, 0.6) is 0 Å².